The van der Waals surface area contributed by atoms with Crippen LogP contribution in [-0.2, 0) is 24.2 Å². The van der Waals surface area contributed by atoms with Gasteiger partial charge in [0, 0.05) is 34.9 Å². The minimum absolute atomic E-state index is 0.580. The van der Waals surface area contributed by atoms with Gasteiger partial charge < -0.3 is 19.7 Å². The van der Waals surface area contributed by atoms with Gasteiger partial charge >= 0.3 is 0 Å². The molecule has 2 aromatic rings. The van der Waals surface area contributed by atoms with E-state index in [0.29, 0.717) is 12.6 Å². The monoisotopic (exact) mass is 381 g/mol. The standard InChI is InChI=1S/C23H31N3O2/c1-27-22-14-19-21(13-16(22)15-28-12-11-26-9-2-3-10-26)25-20-6-4-5-18(20)23(19)24-17-7-8-17/h13-14,17H,2-12,15H2,1H3,(H,24,25). The van der Waals surface area contributed by atoms with Crippen LogP contribution in [0.25, 0.3) is 10.9 Å². The fourth-order valence-corrected chi connectivity index (χ4v) is 4.61. The highest BCUT2D eigenvalue weighted by Crippen LogP contribution is 2.39. The molecule has 0 radical (unpaired) electrons. The van der Waals surface area contributed by atoms with E-state index in [2.05, 4.69) is 22.3 Å². The molecule has 0 atom stereocenters. The number of hydrogen-bond donors (Lipinski definition) is 1. The predicted molar refractivity (Wildman–Crippen MR) is 112 cm³/mol. The van der Waals surface area contributed by atoms with Gasteiger partial charge in [0.25, 0.3) is 0 Å². The van der Waals surface area contributed by atoms with E-state index in [-0.39, 0.29) is 0 Å². The van der Waals surface area contributed by atoms with Crippen molar-refractivity contribution in [2.75, 3.05) is 38.7 Å². The van der Waals surface area contributed by atoms with Crippen molar-refractivity contribution in [1.82, 2.24) is 9.88 Å². The van der Waals surface area contributed by atoms with Crippen LogP contribution in [0.15, 0.2) is 12.1 Å². The average molecular weight is 382 g/mol. The lowest BCUT2D eigenvalue weighted by Gasteiger charge is -2.18. The third-order valence-corrected chi connectivity index (χ3v) is 6.35. The van der Waals surface area contributed by atoms with E-state index in [9.17, 15) is 0 Å². The van der Waals surface area contributed by atoms with Gasteiger partial charge in [-0.2, -0.15) is 0 Å². The number of anilines is 1. The second kappa shape index (κ2) is 7.88. The summed E-state index contributed by atoms with van der Waals surface area (Å²) in [6, 6.07) is 4.99. The molecule has 1 aliphatic heterocycles. The fraction of sp³-hybridized carbons (Fsp3) is 0.609. The van der Waals surface area contributed by atoms with Gasteiger partial charge in [0.1, 0.15) is 5.75 Å². The Morgan fingerprint density at radius 3 is 2.79 bits per heavy atom. The third kappa shape index (κ3) is 3.70. The van der Waals surface area contributed by atoms with Gasteiger partial charge in [-0.1, -0.05) is 0 Å². The molecule has 0 spiro atoms. The molecule has 2 heterocycles. The van der Waals surface area contributed by atoms with E-state index in [1.807, 2.05) is 0 Å². The normalized spacial score (nSPS) is 19.3. The number of rotatable bonds is 8. The summed E-state index contributed by atoms with van der Waals surface area (Å²) >= 11 is 0. The molecule has 150 valence electrons. The zero-order valence-electron chi connectivity index (χ0n) is 16.9. The van der Waals surface area contributed by atoms with Crippen molar-refractivity contribution in [3.05, 3.63) is 29.0 Å². The van der Waals surface area contributed by atoms with Gasteiger partial charge in [-0.15, -0.1) is 0 Å². The molecule has 1 aromatic carbocycles. The number of ether oxygens (including phenoxy) is 2. The molecule has 3 aliphatic rings. The van der Waals surface area contributed by atoms with Gasteiger partial charge in [-0.05, 0) is 75.7 Å². The Morgan fingerprint density at radius 2 is 2.00 bits per heavy atom. The summed E-state index contributed by atoms with van der Waals surface area (Å²) in [5.41, 5.74) is 6.18. The van der Waals surface area contributed by atoms with Crippen LogP contribution in [0.2, 0.25) is 0 Å². The van der Waals surface area contributed by atoms with Crippen molar-refractivity contribution < 1.29 is 9.47 Å². The highest BCUT2D eigenvalue weighted by molar-refractivity contribution is 5.95. The highest BCUT2D eigenvalue weighted by atomic mass is 16.5. The lowest BCUT2D eigenvalue weighted by atomic mass is 10.0. The Bertz CT molecular complexity index is 857. The van der Waals surface area contributed by atoms with E-state index in [4.69, 9.17) is 14.5 Å². The number of aryl methyl sites for hydroxylation is 1. The molecule has 1 saturated carbocycles. The smallest absolute Gasteiger partial charge is 0.125 e. The molecule has 0 amide bonds. The number of nitrogens with zero attached hydrogens (tertiary/aromatic N) is 2. The highest BCUT2D eigenvalue weighted by Gasteiger charge is 2.26. The van der Waals surface area contributed by atoms with Crippen molar-refractivity contribution in [2.45, 2.75) is 57.6 Å². The van der Waals surface area contributed by atoms with Crippen LogP contribution >= 0.6 is 0 Å². The molecule has 5 rings (SSSR count). The number of likely N-dealkylation sites (tertiary alicyclic amines) is 1. The number of hydrogen-bond acceptors (Lipinski definition) is 5. The molecule has 5 nitrogen and oxygen atoms in total. The van der Waals surface area contributed by atoms with Crippen LogP contribution in [0.1, 0.15) is 48.9 Å². The quantitative estimate of drug-likeness (QED) is 0.702. The van der Waals surface area contributed by atoms with Gasteiger partial charge in [0.05, 0.1) is 25.8 Å². The zero-order chi connectivity index (χ0) is 18.9. The van der Waals surface area contributed by atoms with Crippen LogP contribution in [0.3, 0.4) is 0 Å². The van der Waals surface area contributed by atoms with Crippen LogP contribution in [0.5, 0.6) is 5.75 Å². The van der Waals surface area contributed by atoms with Crippen LogP contribution in [-0.4, -0.2) is 49.3 Å². The van der Waals surface area contributed by atoms with Gasteiger partial charge in [0.2, 0.25) is 0 Å². The van der Waals surface area contributed by atoms with Gasteiger partial charge in [-0.25, -0.2) is 0 Å². The molecular formula is C23H31N3O2. The Balaban J connectivity index is 1.39. The predicted octanol–water partition coefficient (Wildman–Crippen LogP) is 3.92. The summed E-state index contributed by atoms with van der Waals surface area (Å²) in [6.07, 6.45) is 8.64. The van der Waals surface area contributed by atoms with E-state index in [1.165, 1.54) is 67.5 Å². The molecule has 5 heteroatoms. The van der Waals surface area contributed by atoms with Gasteiger partial charge in [-0.3, -0.25) is 4.98 Å². The maximum absolute atomic E-state index is 6.01. The summed E-state index contributed by atoms with van der Waals surface area (Å²) in [4.78, 5) is 7.50. The number of fused-ring (bicyclic) bond motifs is 2. The van der Waals surface area contributed by atoms with Crippen molar-refractivity contribution in [1.29, 1.82) is 0 Å². The van der Waals surface area contributed by atoms with Crippen LogP contribution in [0.4, 0.5) is 5.69 Å². The molecule has 28 heavy (non-hydrogen) atoms. The van der Waals surface area contributed by atoms with Crippen LogP contribution in [0, 0.1) is 0 Å². The third-order valence-electron chi connectivity index (χ3n) is 6.35. The Labute approximate surface area is 167 Å². The Hall–Kier alpha value is -1.85. The van der Waals surface area contributed by atoms with Crippen molar-refractivity contribution in [3.8, 4) is 5.75 Å². The first-order valence-electron chi connectivity index (χ1n) is 10.9. The first-order valence-corrected chi connectivity index (χ1v) is 10.9. The number of methoxy groups -OCH3 is 1. The van der Waals surface area contributed by atoms with E-state index in [0.717, 1.165) is 42.8 Å². The van der Waals surface area contributed by atoms with Crippen molar-refractivity contribution in [3.63, 3.8) is 0 Å². The first-order chi connectivity index (χ1) is 13.8. The summed E-state index contributed by atoms with van der Waals surface area (Å²) in [5.74, 6) is 0.910. The first kappa shape index (κ1) is 18.2. The summed E-state index contributed by atoms with van der Waals surface area (Å²) in [6.45, 7) is 4.81. The second-order valence-corrected chi connectivity index (χ2v) is 8.47. The molecule has 0 bridgehead atoms. The summed E-state index contributed by atoms with van der Waals surface area (Å²) in [7, 11) is 1.75. The Kier molecular flexibility index (Phi) is 5.12. The number of benzene rings is 1. The lowest BCUT2D eigenvalue weighted by molar-refractivity contribution is 0.0979. The summed E-state index contributed by atoms with van der Waals surface area (Å²) in [5, 5.41) is 4.98. The Morgan fingerprint density at radius 1 is 1.14 bits per heavy atom. The summed E-state index contributed by atoms with van der Waals surface area (Å²) < 4.78 is 11.7. The maximum Gasteiger partial charge on any atom is 0.125 e. The SMILES string of the molecule is COc1cc2c(NC3CC3)c3c(nc2cc1COCCN1CCCC1)CCC3. The van der Waals surface area contributed by atoms with E-state index < -0.39 is 0 Å². The molecule has 1 saturated heterocycles. The largest absolute Gasteiger partial charge is 0.496 e. The van der Waals surface area contributed by atoms with Crippen LogP contribution < -0.4 is 10.1 Å². The lowest BCUT2D eigenvalue weighted by Crippen LogP contribution is -2.23. The maximum atomic E-state index is 6.01. The molecule has 1 N–H and O–H groups in total. The number of aromatic nitrogens is 1. The molecular weight excluding hydrogens is 350 g/mol. The topological polar surface area (TPSA) is 46.6 Å². The second-order valence-electron chi connectivity index (χ2n) is 8.47. The van der Waals surface area contributed by atoms with Gasteiger partial charge in [0.15, 0.2) is 0 Å². The minimum atomic E-state index is 0.580. The van der Waals surface area contributed by atoms with Crippen molar-refractivity contribution >= 4 is 16.6 Å². The molecule has 2 aliphatic carbocycles. The number of pyridine rings is 1. The fourth-order valence-electron chi connectivity index (χ4n) is 4.61. The zero-order valence-corrected chi connectivity index (χ0v) is 16.9. The minimum Gasteiger partial charge on any atom is -0.496 e. The van der Waals surface area contributed by atoms with E-state index >= 15 is 0 Å². The van der Waals surface area contributed by atoms with Crippen molar-refractivity contribution in [2.24, 2.45) is 0 Å². The molecule has 0 unspecified atom stereocenters. The molecule has 2 fully saturated rings. The average Bonchev–Trinajstić information content (AvgIpc) is 3.17. The number of nitrogens with one attached hydrogen (secondary N) is 1. The molecule has 1 aromatic heterocycles. The van der Waals surface area contributed by atoms with E-state index in [1.54, 1.807) is 7.11 Å².